The monoisotopic (exact) mass is 580 g/mol. The molecule has 220 valence electrons. The molecule has 1 aromatic carbocycles. The second-order valence-electron chi connectivity index (χ2n) is 11.1. The van der Waals surface area contributed by atoms with Crippen LogP contribution in [0.25, 0.3) is 11.2 Å². The Hall–Kier alpha value is -4.93. The summed E-state index contributed by atoms with van der Waals surface area (Å²) >= 11 is 0. The van der Waals surface area contributed by atoms with Crippen LogP contribution < -0.4 is 10.1 Å². The Morgan fingerprint density at radius 1 is 1.23 bits per heavy atom. The number of pyridine rings is 2. The Balaban J connectivity index is 1.26. The number of nitrogens with zero attached hydrogens (tertiary/aromatic N) is 7. The van der Waals surface area contributed by atoms with Crippen LogP contribution in [0.3, 0.4) is 0 Å². The number of hydrogen-bond donors (Lipinski definition) is 1. The number of aliphatic imine (C=N–C) groups is 2. The van der Waals surface area contributed by atoms with Crippen molar-refractivity contribution in [3.8, 4) is 11.5 Å². The van der Waals surface area contributed by atoms with Gasteiger partial charge in [0.15, 0.2) is 11.5 Å². The van der Waals surface area contributed by atoms with E-state index in [-0.39, 0.29) is 23.6 Å². The van der Waals surface area contributed by atoms with Crippen LogP contribution in [0.1, 0.15) is 42.1 Å². The summed E-state index contributed by atoms with van der Waals surface area (Å²) in [5.41, 5.74) is 4.16. The van der Waals surface area contributed by atoms with Gasteiger partial charge in [0.1, 0.15) is 28.5 Å². The fraction of sp³-hybridized carbons (Fsp3) is 0.312. The van der Waals surface area contributed by atoms with E-state index in [0.29, 0.717) is 45.7 Å². The second-order valence-corrected chi connectivity index (χ2v) is 11.1. The number of piperidine rings is 2. The zero-order chi connectivity index (χ0) is 30.2. The molecule has 5 heterocycles. The van der Waals surface area contributed by atoms with Crippen molar-refractivity contribution in [2.24, 2.45) is 23.0 Å². The normalized spacial score (nSPS) is 19.9. The average molecular weight is 581 g/mol. The lowest BCUT2D eigenvalue weighted by molar-refractivity contribution is -0.134. The molecule has 11 heteroatoms. The van der Waals surface area contributed by atoms with E-state index in [2.05, 4.69) is 38.6 Å². The Morgan fingerprint density at radius 2 is 2.07 bits per heavy atom. The largest absolute Gasteiger partial charge is 0.455 e. The Morgan fingerprint density at radius 3 is 2.81 bits per heavy atom. The molecule has 1 N–H and O–H groups in total. The van der Waals surface area contributed by atoms with Crippen molar-refractivity contribution in [3.63, 3.8) is 0 Å². The number of benzene rings is 1. The zero-order valence-electron chi connectivity index (χ0n) is 24.4. The van der Waals surface area contributed by atoms with E-state index in [0.717, 1.165) is 37.1 Å². The van der Waals surface area contributed by atoms with Crippen LogP contribution in [-0.2, 0) is 11.8 Å². The lowest BCUT2D eigenvalue weighted by atomic mass is 9.71. The highest BCUT2D eigenvalue weighted by Gasteiger charge is 2.43. The van der Waals surface area contributed by atoms with Gasteiger partial charge in [-0.1, -0.05) is 6.58 Å². The summed E-state index contributed by atoms with van der Waals surface area (Å²) in [5.74, 6) is 1.07. The van der Waals surface area contributed by atoms with Crippen molar-refractivity contribution in [3.05, 3.63) is 78.3 Å². The predicted octanol–water partition coefficient (Wildman–Crippen LogP) is 5.70. The van der Waals surface area contributed by atoms with Crippen LogP contribution in [0, 0.1) is 18.7 Å². The molecule has 0 radical (unpaired) electrons. The smallest absolute Gasteiger partial charge is 0.246 e. The van der Waals surface area contributed by atoms with Crippen LogP contribution in [0.2, 0.25) is 0 Å². The van der Waals surface area contributed by atoms with Crippen molar-refractivity contribution in [1.82, 2.24) is 24.4 Å². The van der Waals surface area contributed by atoms with E-state index >= 15 is 4.39 Å². The molecule has 3 aromatic heterocycles. The minimum absolute atomic E-state index is 0.0479. The number of imidazole rings is 1. The maximum atomic E-state index is 15.5. The van der Waals surface area contributed by atoms with Crippen LogP contribution in [0.15, 0.2) is 65.5 Å². The number of ether oxygens (including phenoxy) is 1. The molecular formula is C32H33FN8O2. The number of hydrogen-bond acceptors (Lipinski definition) is 7. The highest BCUT2D eigenvalue weighted by atomic mass is 19.1. The van der Waals surface area contributed by atoms with E-state index in [1.165, 1.54) is 12.1 Å². The van der Waals surface area contributed by atoms with Gasteiger partial charge in [-0.2, -0.15) is 0 Å². The molecule has 3 fully saturated rings. The van der Waals surface area contributed by atoms with Gasteiger partial charge in [0.05, 0.1) is 23.9 Å². The lowest BCUT2D eigenvalue weighted by Gasteiger charge is -2.49. The summed E-state index contributed by atoms with van der Waals surface area (Å²) in [6.45, 7) is 9.98. The lowest BCUT2D eigenvalue weighted by Crippen LogP contribution is -2.54. The number of halogens is 1. The average Bonchev–Trinajstić information content (AvgIpc) is 3.40. The van der Waals surface area contributed by atoms with Gasteiger partial charge in [-0.15, -0.1) is 0 Å². The van der Waals surface area contributed by atoms with Gasteiger partial charge in [-0.3, -0.25) is 14.8 Å². The number of rotatable bonds is 7. The van der Waals surface area contributed by atoms with E-state index in [4.69, 9.17) is 9.72 Å². The van der Waals surface area contributed by atoms with Crippen molar-refractivity contribution < 1.29 is 13.9 Å². The number of aromatic nitrogens is 4. The predicted molar refractivity (Wildman–Crippen MR) is 165 cm³/mol. The summed E-state index contributed by atoms with van der Waals surface area (Å²) in [7, 11) is 3.47. The first-order valence-corrected chi connectivity index (χ1v) is 14.2. The quantitative estimate of drug-likeness (QED) is 0.171. The molecule has 2 aliphatic heterocycles. The third-order valence-corrected chi connectivity index (χ3v) is 8.40. The van der Waals surface area contributed by atoms with Crippen molar-refractivity contribution in [1.29, 1.82) is 0 Å². The fourth-order valence-electron chi connectivity index (χ4n) is 6.26. The van der Waals surface area contributed by atoms with Gasteiger partial charge < -0.3 is 19.5 Å². The number of carbonyl (C=O) groups is 1. The summed E-state index contributed by atoms with van der Waals surface area (Å²) in [4.78, 5) is 36.7. The molecule has 0 spiro atoms. The number of fused-ring (bicyclic) bond motifs is 4. The van der Waals surface area contributed by atoms with Gasteiger partial charge in [0, 0.05) is 50.4 Å². The molecule has 2 saturated heterocycles. The molecule has 2 bridgehead atoms. The zero-order valence-corrected chi connectivity index (χ0v) is 24.4. The first-order chi connectivity index (χ1) is 20.8. The number of anilines is 1. The maximum absolute atomic E-state index is 15.5. The van der Waals surface area contributed by atoms with E-state index in [1.807, 2.05) is 35.6 Å². The standard InChI is InChI=1S/C32H33FN8O2/c1-6-29(42)41-16-19-7-10-27(41)21(12-19)23-8-9-24(34-3)30(38-23)31(35-4)39-25-11-18(2)28(14-22(25)33)43-20-13-26-32(36-15-20)40(5)17-37-26/h6,8-9,11,13-15,17,19,21,27H,1,3,7,10,12,16H2,2,4-5H3,(H,35,39)/t19-,21-,27+/m0/s1. The molecule has 1 aliphatic carbocycles. The summed E-state index contributed by atoms with van der Waals surface area (Å²) in [6.07, 6.45) is 7.61. The van der Waals surface area contributed by atoms with Gasteiger partial charge in [0.2, 0.25) is 5.91 Å². The van der Waals surface area contributed by atoms with Crippen LogP contribution in [-0.4, -0.2) is 62.5 Å². The molecular weight excluding hydrogens is 547 g/mol. The van der Waals surface area contributed by atoms with Crippen molar-refractivity contribution in [2.75, 3.05) is 18.9 Å². The Labute approximate surface area is 249 Å². The van der Waals surface area contributed by atoms with Gasteiger partial charge in [-0.05, 0) is 68.7 Å². The van der Waals surface area contributed by atoms with Crippen molar-refractivity contribution >= 4 is 41.0 Å². The van der Waals surface area contributed by atoms with Gasteiger partial charge >= 0.3 is 0 Å². The Bertz CT molecular complexity index is 1780. The molecule has 1 amide bonds. The summed E-state index contributed by atoms with van der Waals surface area (Å²) < 4.78 is 23.3. The number of carbonyl (C=O) groups excluding carboxylic acids is 1. The van der Waals surface area contributed by atoms with E-state index < -0.39 is 5.82 Å². The molecule has 0 unspecified atom stereocenters. The minimum atomic E-state index is -0.527. The second kappa shape index (κ2) is 11.4. The van der Waals surface area contributed by atoms with Crippen LogP contribution in [0.5, 0.6) is 11.5 Å². The highest BCUT2D eigenvalue weighted by Crippen LogP contribution is 2.44. The van der Waals surface area contributed by atoms with Crippen LogP contribution in [0.4, 0.5) is 15.8 Å². The summed E-state index contributed by atoms with van der Waals surface area (Å²) in [6, 6.07) is 8.59. The molecule has 3 atom stereocenters. The Kier molecular flexibility index (Phi) is 7.47. The number of amides is 1. The van der Waals surface area contributed by atoms with Crippen LogP contribution >= 0.6 is 0 Å². The number of nitrogens with one attached hydrogen (secondary N) is 1. The topological polar surface area (TPSA) is 110 Å². The fourth-order valence-corrected chi connectivity index (χ4v) is 6.26. The molecule has 1 saturated carbocycles. The minimum Gasteiger partial charge on any atom is -0.455 e. The molecule has 10 nitrogen and oxygen atoms in total. The molecule has 3 aliphatic rings. The molecule has 43 heavy (non-hydrogen) atoms. The first-order valence-electron chi connectivity index (χ1n) is 14.2. The third-order valence-electron chi connectivity index (χ3n) is 8.40. The molecule has 7 rings (SSSR count). The van der Waals surface area contributed by atoms with E-state index in [9.17, 15) is 4.79 Å². The van der Waals surface area contributed by atoms with Crippen molar-refractivity contribution in [2.45, 2.75) is 38.1 Å². The number of amidine groups is 1. The van der Waals surface area contributed by atoms with E-state index in [1.54, 1.807) is 31.7 Å². The number of aryl methyl sites for hydroxylation is 2. The molecule has 4 aromatic rings. The highest BCUT2D eigenvalue weighted by molar-refractivity contribution is 6.10. The third kappa shape index (κ3) is 5.26. The van der Waals surface area contributed by atoms with Gasteiger partial charge in [0.25, 0.3) is 0 Å². The maximum Gasteiger partial charge on any atom is 0.246 e. The summed E-state index contributed by atoms with van der Waals surface area (Å²) in [5, 5.41) is 3.11. The first kappa shape index (κ1) is 28.2. The van der Waals surface area contributed by atoms with Gasteiger partial charge in [-0.25, -0.2) is 19.3 Å². The SMILES string of the molecule is C=CC(=O)N1C[C@H]2CC[C@@H]1[C@H](c1ccc(N=C)c(C(=NC)Nc3cc(C)c(Oc4cnc5c(c4)ncn5C)cc3F)n1)C2.